The molecule has 0 saturated carbocycles. The van der Waals surface area contributed by atoms with Crippen molar-refractivity contribution in [1.29, 1.82) is 0 Å². The number of rotatable bonds is 7. The minimum absolute atomic E-state index is 0.175. The van der Waals surface area contributed by atoms with Gasteiger partial charge in [-0.2, -0.15) is 0 Å². The van der Waals surface area contributed by atoms with Crippen molar-refractivity contribution in [3.63, 3.8) is 0 Å². The lowest BCUT2D eigenvalue weighted by molar-refractivity contribution is 0.192. The van der Waals surface area contributed by atoms with Crippen LogP contribution in [-0.4, -0.2) is 21.8 Å². The van der Waals surface area contributed by atoms with Crippen molar-refractivity contribution in [3.05, 3.63) is 35.1 Å². The minimum atomic E-state index is -1.36. The normalized spacial score (nSPS) is 24.8. The topological polar surface area (TPSA) is 9.23 Å². The van der Waals surface area contributed by atoms with E-state index >= 15 is 0 Å². The van der Waals surface area contributed by atoms with Crippen molar-refractivity contribution >= 4 is 8.07 Å². The van der Waals surface area contributed by atoms with E-state index in [0.29, 0.717) is 5.56 Å². The highest BCUT2D eigenvalue weighted by atomic mass is 28.3. The van der Waals surface area contributed by atoms with Gasteiger partial charge in [0.15, 0.2) is 17.5 Å². The molecule has 1 heterocycles. The Morgan fingerprint density at radius 3 is 2.22 bits per heavy atom. The van der Waals surface area contributed by atoms with Crippen LogP contribution >= 0.6 is 0 Å². The summed E-state index contributed by atoms with van der Waals surface area (Å²) in [4.78, 5) is 0. The molecule has 0 bridgehead atoms. The van der Waals surface area contributed by atoms with Crippen molar-refractivity contribution in [2.45, 2.75) is 62.7 Å². The van der Waals surface area contributed by atoms with E-state index in [-0.39, 0.29) is 5.92 Å². The number of methoxy groups -OCH3 is 1. The molecule has 0 aromatic heterocycles. The highest BCUT2D eigenvalue weighted by Gasteiger charge is 2.33. The number of hydrogen-bond acceptors (Lipinski definition) is 1. The molecule has 2 rings (SSSR count). The SMILES string of the molecule is COCCCCC[Si@]1(C)CC[C@@H](c2cc(F)c(F)c(F)c2)CC1. The lowest BCUT2D eigenvalue weighted by Crippen LogP contribution is -2.34. The zero-order chi connectivity index (χ0) is 16.9. The van der Waals surface area contributed by atoms with Crippen LogP contribution in [0.1, 0.15) is 43.6 Å². The predicted octanol–water partition coefficient (Wildman–Crippen LogP) is 5.88. The van der Waals surface area contributed by atoms with E-state index in [1.807, 2.05) is 0 Å². The summed E-state index contributed by atoms with van der Waals surface area (Å²) in [7, 11) is 0.523. The molecule has 0 amide bonds. The van der Waals surface area contributed by atoms with Gasteiger partial charge in [0.2, 0.25) is 0 Å². The maximum absolute atomic E-state index is 13.4. The minimum Gasteiger partial charge on any atom is -0.385 e. The zero-order valence-corrected chi connectivity index (χ0v) is 15.1. The summed E-state index contributed by atoms with van der Waals surface area (Å²) >= 11 is 0. The fourth-order valence-electron chi connectivity index (χ4n) is 3.68. The lowest BCUT2D eigenvalue weighted by atomic mass is 9.93. The van der Waals surface area contributed by atoms with Gasteiger partial charge in [-0.15, -0.1) is 0 Å². The van der Waals surface area contributed by atoms with Crippen molar-refractivity contribution < 1.29 is 17.9 Å². The summed E-state index contributed by atoms with van der Waals surface area (Å²) in [5, 5.41) is 0. The van der Waals surface area contributed by atoms with Gasteiger partial charge in [0.25, 0.3) is 0 Å². The molecule has 1 fully saturated rings. The lowest BCUT2D eigenvalue weighted by Gasteiger charge is -2.36. The smallest absolute Gasteiger partial charge is 0.194 e. The third-order valence-electron chi connectivity index (χ3n) is 5.30. The second kappa shape index (κ2) is 8.33. The molecule has 1 saturated heterocycles. The van der Waals surface area contributed by atoms with Crippen LogP contribution in [0.2, 0.25) is 24.7 Å². The summed E-state index contributed by atoms with van der Waals surface area (Å²) in [6.07, 6.45) is 5.55. The molecular weight excluding hydrogens is 317 g/mol. The van der Waals surface area contributed by atoms with Crippen molar-refractivity contribution in [2.75, 3.05) is 13.7 Å². The van der Waals surface area contributed by atoms with Gasteiger partial charge in [-0.25, -0.2) is 13.2 Å². The number of hydrogen-bond donors (Lipinski definition) is 0. The zero-order valence-electron chi connectivity index (χ0n) is 14.1. The number of benzene rings is 1. The Balaban J connectivity index is 1.85. The van der Waals surface area contributed by atoms with E-state index in [4.69, 9.17) is 4.74 Å². The summed E-state index contributed by atoms with van der Waals surface area (Å²) in [6, 6.07) is 6.08. The third kappa shape index (κ3) is 5.08. The highest BCUT2D eigenvalue weighted by molar-refractivity contribution is 6.78. The van der Waals surface area contributed by atoms with Crippen LogP contribution in [0.15, 0.2) is 12.1 Å². The van der Waals surface area contributed by atoms with E-state index in [2.05, 4.69) is 6.55 Å². The van der Waals surface area contributed by atoms with Gasteiger partial charge in [0.1, 0.15) is 0 Å². The van der Waals surface area contributed by atoms with Crippen LogP contribution in [0.5, 0.6) is 0 Å². The Morgan fingerprint density at radius 1 is 1.04 bits per heavy atom. The van der Waals surface area contributed by atoms with E-state index in [1.54, 1.807) is 7.11 Å². The van der Waals surface area contributed by atoms with Crippen LogP contribution < -0.4 is 0 Å². The second-order valence-corrected chi connectivity index (χ2v) is 12.3. The Hall–Kier alpha value is -0.813. The molecule has 0 atom stereocenters. The molecule has 0 unspecified atom stereocenters. The molecule has 0 radical (unpaired) electrons. The molecule has 0 N–H and O–H groups in total. The number of unbranched alkanes of at least 4 members (excludes halogenated alkanes) is 2. The maximum Gasteiger partial charge on any atom is 0.194 e. The molecule has 1 nitrogen and oxygen atoms in total. The second-order valence-electron chi connectivity index (χ2n) is 7.19. The van der Waals surface area contributed by atoms with Gasteiger partial charge in [-0.1, -0.05) is 37.5 Å². The molecule has 1 aliphatic rings. The molecule has 23 heavy (non-hydrogen) atoms. The van der Waals surface area contributed by atoms with Gasteiger partial charge in [-0.3, -0.25) is 0 Å². The summed E-state index contributed by atoms with van der Waals surface area (Å²) < 4.78 is 44.9. The molecule has 0 spiro atoms. The van der Waals surface area contributed by atoms with Crippen LogP contribution in [0.4, 0.5) is 13.2 Å². The highest BCUT2D eigenvalue weighted by Crippen LogP contribution is 2.41. The molecule has 5 heteroatoms. The average molecular weight is 344 g/mol. The van der Waals surface area contributed by atoms with Crippen molar-refractivity contribution in [1.82, 2.24) is 0 Å². The predicted molar refractivity (Wildman–Crippen MR) is 90.1 cm³/mol. The summed E-state index contributed by atoms with van der Waals surface area (Å²) in [5.74, 6) is -3.32. The summed E-state index contributed by atoms with van der Waals surface area (Å²) in [6.45, 7) is 3.29. The third-order valence-corrected chi connectivity index (χ3v) is 9.85. The molecule has 130 valence electrons. The van der Waals surface area contributed by atoms with Gasteiger partial charge < -0.3 is 4.74 Å². The van der Waals surface area contributed by atoms with Crippen molar-refractivity contribution in [3.8, 4) is 0 Å². The maximum atomic E-state index is 13.4. The standard InChI is InChI=1S/C18H27F3OSi/c1-22-8-4-3-5-9-23(2)10-6-14(7-11-23)15-12-16(19)18(21)17(20)13-15/h12-14H,3-11H2,1-2H3/t14-,23-. The fraction of sp³-hybridized carbons (Fsp3) is 0.667. The number of halogens is 3. The van der Waals surface area contributed by atoms with Crippen LogP contribution in [0, 0.1) is 17.5 Å². The Kier molecular flexibility index (Phi) is 6.71. The Morgan fingerprint density at radius 2 is 1.65 bits per heavy atom. The molecule has 0 aliphatic carbocycles. The van der Waals surface area contributed by atoms with Gasteiger partial charge in [0, 0.05) is 13.7 Å². The monoisotopic (exact) mass is 344 g/mol. The van der Waals surface area contributed by atoms with E-state index in [1.165, 1.54) is 43.1 Å². The molecule has 1 aliphatic heterocycles. The van der Waals surface area contributed by atoms with Crippen LogP contribution in [-0.2, 0) is 4.74 Å². The van der Waals surface area contributed by atoms with Crippen LogP contribution in [0.3, 0.4) is 0 Å². The average Bonchev–Trinajstić information content (AvgIpc) is 2.52. The Labute approximate surface area is 138 Å². The molecule has 1 aromatic rings. The number of ether oxygens (including phenoxy) is 1. The summed E-state index contributed by atoms with van der Waals surface area (Å²) in [5.41, 5.74) is 0.623. The first-order valence-corrected chi connectivity index (χ1v) is 11.7. The molecular formula is C18H27F3OSi. The van der Waals surface area contributed by atoms with E-state index in [0.717, 1.165) is 25.9 Å². The first kappa shape index (κ1) is 18.5. The quantitative estimate of drug-likeness (QED) is 0.341. The van der Waals surface area contributed by atoms with Gasteiger partial charge >= 0.3 is 0 Å². The largest absolute Gasteiger partial charge is 0.385 e. The first-order chi connectivity index (χ1) is 10.9. The van der Waals surface area contributed by atoms with Gasteiger partial charge in [-0.05, 0) is 42.9 Å². The van der Waals surface area contributed by atoms with Crippen molar-refractivity contribution in [2.24, 2.45) is 0 Å². The van der Waals surface area contributed by atoms with Gasteiger partial charge in [0.05, 0.1) is 8.07 Å². The first-order valence-electron chi connectivity index (χ1n) is 8.58. The van der Waals surface area contributed by atoms with E-state index in [9.17, 15) is 13.2 Å². The van der Waals surface area contributed by atoms with E-state index < -0.39 is 25.5 Å². The Bertz CT molecular complexity index is 490. The molecule has 1 aromatic carbocycles. The van der Waals surface area contributed by atoms with Crippen LogP contribution in [0.25, 0.3) is 0 Å². The fourth-order valence-corrected chi connectivity index (χ4v) is 7.63.